The molecule has 0 aliphatic rings. The fourth-order valence-corrected chi connectivity index (χ4v) is 1.77. The van der Waals surface area contributed by atoms with Gasteiger partial charge in [0.05, 0.1) is 10.9 Å². The number of hydrogen-bond acceptors (Lipinski definition) is 3. The van der Waals surface area contributed by atoms with E-state index in [0.717, 1.165) is 0 Å². The smallest absolute Gasteiger partial charge is 0.308 e. The molecule has 1 amide bonds. The lowest BCUT2D eigenvalue weighted by Gasteiger charge is -2.15. The summed E-state index contributed by atoms with van der Waals surface area (Å²) in [5.74, 6) is -1.63. The molecule has 0 bridgehead atoms. The van der Waals surface area contributed by atoms with E-state index in [1.165, 1.54) is 12.3 Å². The van der Waals surface area contributed by atoms with E-state index in [-0.39, 0.29) is 18.2 Å². The van der Waals surface area contributed by atoms with Crippen molar-refractivity contribution in [3.05, 3.63) is 29.0 Å². The molecule has 0 saturated carbocycles. The molecule has 0 fully saturated rings. The van der Waals surface area contributed by atoms with E-state index in [0.29, 0.717) is 11.4 Å². The number of hydrogen-bond donors (Lipinski definition) is 2. The van der Waals surface area contributed by atoms with Crippen molar-refractivity contribution in [1.82, 2.24) is 10.3 Å². The fraction of sp³-hybridized carbons (Fsp3) is 0.462. The normalized spacial score (nSPS) is 12.2. The van der Waals surface area contributed by atoms with Crippen molar-refractivity contribution >= 4 is 23.5 Å². The van der Waals surface area contributed by atoms with Crippen molar-refractivity contribution in [1.29, 1.82) is 0 Å². The van der Waals surface area contributed by atoms with Crippen LogP contribution in [-0.2, 0) is 4.79 Å². The Hall–Kier alpha value is -1.62. The molecule has 0 unspecified atom stereocenters. The Balaban J connectivity index is 2.56. The standard InChI is InChI=1S/C13H17ClN2O3/c1-8(2)5-9(13(18)19)6-16-12(17)11-4-3-10(14)7-15-11/h3-4,7-9H,5-6H2,1-2H3,(H,16,17)(H,18,19)/t9-/m1/s1. The van der Waals surface area contributed by atoms with E-state index in [2.05, 4.69) is 10.3 Å². The summed E-state index contributed by atoms with van der Waals surface area (Å²) in [5.41, 5.74) is 0.220. The molecule has 0 spiro atoms. The maximum absolute atomic E-state index is 11.8. The lowest BCUT2D eigenvalue weighted by atomic mass is 9.97. The summed E-state index contributed by atoms with van der Waals surface area (Å²) in [4.78, 5) is 26.7. The van der Waals surface area contributed by atoms with Crippen molar-refractivity contribution in [2.24, 2.45) is 11.8 Å². The Labute approximate surface area is 117 Å². The lowest BCUT2D eigenvalue weighted by molar-refractivity contribution is -0.142. The third-order valence-electron chi connectivity index (χ3n) is 2.57. The summed E-state index contributed by atoms with van der Waals surface area (Å²) in [7, 11) is 0. The first-order chi connectivity index (χ1) is 8.90. The van der Waals surface area contributed by atoms with Crippen molar-refractivity contribution in [2.45, 2.75) is 20.3 Å². The van der Waals surface area contributed by atoms with Gasteiger partial charge < -0.3 is 10.4 Å². The molecular weight excluding hydrogens is 268 g/mol. The van der Waals surface area contributed by atoms with Crippen LogP contribution in [0.2, 0.25) is 5.02 Å². The van der Waals surface area contributed by atoms with Gasteiger partial charge in [0.15, 0.2) is 0 Å². The topological polar surface area (TPSA) is 79.3 Å². The zero-order valence-electron chi connectivity index (χ0n) is 10.9. The third-order valence-corrected chi connectivity index (χ3v) is 2.80. The molecule has 1 atom stereocenters. The number of amides is 1. The first kappa shape index (κ1) is 15.4. The molecule has 0 aliphatic carbocycles. The van der Waals surface area contributed by atoms with Crippen molar-refractivity contribution < 1.29 is 14.7 Å². The van der Waals surface area contributed by atoms with Crippen LogP contribution in [0.25, 0.3) is 0 Å². The second kappa shape index (κ2) is 7.09. The second-order valence-corrected chi connectivity index (χ2v) is 5.17. The second-order valence-electron chi connectivity index (χ2n) is 4.74. The predicted octanol–water partition coefficient (Wildman–Crippen LogP) is 2.21. The zero-order chi connectivity index (χ0) is 14.4. The van der Waals surface area contributed by atoms with Gasteiger partial charge in [-0.1, -0.05) is 25.4 Å². The number of carboxylic acids is 1. The molecule has 1 rings (SSSR count). The molecule has 0 saturated heterocycles. The number of aliphatic carboxylic acids is 1. The SMILES string of the molecule is CC(C)C[C@H](CNC(=O)c1ccc(Cl)cn1)C(=O)O. The number of halogens is 1. The highest BCUT2D eigenvalue weighted by molar-refractivity contribution is 6.30. The minimum Gasteiger partial charge on any atom is -0.481 e. The first-order valence-electron chi connectivity index (χ1n) is 6.02. The summed E-state index contributed by atoms with van der Waals surface area (Å²) in [6, 6.07) is 3.06. The van der Waals surface area contributed by atoms with Crippen LogP contribution in [0.15, 0.2) is 18.3 Å². The molecule has 0 radical (unpaired) electrons. The van der Waals surface area contributed by atoms with Crippen LogP contribution in [0.4, 0.5) is 0 Å². The van der Waals surface area contributed by atoms with Crippen LogP contribution < -0.4 is 5.32 Å². The van der Waals surface area contributed by atoms with Gasteiger partial charge in [-0.05, 0) is 24.5 Å². The van der Waals surface area contributed by atoms with E-state index < -0.39 is 17.8 Å². The van der Waals surface area contributed by atoms with Crippen LogP contribution in [0.1, 0.15) is 30.8 Å². The summed E-state index contributed by atoms with van der Waals surface area (Å²) >= 11 is 5.67. The summed E-state index contributed by atoms with van der Waals surface area (Å²) < 4.78 is 0. The number of carboxylic acid groups (broad SMARTS) is 1. The highest BCUT2D eigenvalue weighted by Gasteiger charge is 2.20. The van der Waals surface area contributed by atoms with Gasteiger partial charge in [-0.3, -0.25) is 9.59 Å². The monoisotopic (exact) mass is 284 g/mol. The van der Waals surface area contributed by atoms with Crippen molar-refractivity contribution in [3.8, 4) is 0 Å². The molecule has 104 valence electrons. The summed E-state index contributed by atoms with van der Waals surface area (Å²) in [5, 5.41) is 12.1. The van der Waals surface area contributed by atoms with Crippen LogP contribution in [0.5, 0.6) is 0 Å². The zero-order valence-corrected chi connectivity index (χ0v) is 11.6. The van der Waals surface area contributed by atoms with Gasteiger partial charge in [-0.15, -0.1) is 0 Å². The van der Waals surface area contributed by atoms with Crippen LogP contribution >= 0.6 is 11.6 Å². The lowest BCUT2D eigenvalue weighted by Crippen LogP contribution is -2.34. The molecule has 1 aromatic heterocycles. The Morgan fingerprint density at radius 2 is 2.11 bits per heavy atom. The number of nitrogens with one attached hydrogen (secondary N) is 1. The van der Waals surface area contributed by atoms with Gasteiger partial charge in [0, 0.05) is 12.7 Å². The number of aromatic nitrogens is 1. The fourth-order valence-electron chi connectivity index (χ4n) is 1.66. The molecular formula is C13H17ClN2O3. The molecule has 0 aliphatic heterocycles. The van der Waals surface area contributed by atoms with Gasteiger partial charge in [-0.25, -0.2) is 4.98 Å². The largest absolute Gasteiger partial charge is 0.481 e. The average molecular weight is 285 g/mol. The van der Waals surface area contributed by atoms with Crippen LogP contribution in [0, 0.1) is 11.8 Å². The Kier molecular flexibility index (Phi) is 5.76. The van der Waals surface area contributed by atoms with Gasteiger partial charge in [0.1, 0.15) is 5.69 Å². The number of carbonyl (C=O) groups excluding carboxylic acids is 1. The van der Waals surface area contributed by atoms with E-state index >= 15 is 0 Å². The molecule has 1 heterocycles. The van der Waals surface area contributed by atoms with Crippen molar-refractivity contribution in [2.75, 3.05) is 6.54 Å². The molecule has 0 aromatic carbocycles. The van der Waals surface area contributed by atoms with E-state index in [1.54, 1.807) is 6.07 Å². The Bertz CT molecular complexity index is 446. The highest BCUT2D eigenvalue weighted by Crippen LogP contribution is 2.11. The summed E-state index contributed by atoms with van der Waals surface area (Å²) in [6.45, 7) is 3.98. The summed E-state index contributed by atoms with van der Waals surface area (Å²) in [6.07, 6.45) is 1.89. The number of nitrogens with zero attached hydrogens (tertiary/aromatic N) is 1. The quantitative estimate of drug-likeness (QED) is 0.839. The Morgan fingerprint density at radius 3 is 2.58 bits per heavy atom. The average Bonchev–Trinajstić information content (AvgIpc) is 2.34. The number of carbonyl (C=O) groups is 2. The van der Waals surface area contributed by atoms with Crippen LogP contribution in [-0.4, -0.2) is 28.5 Å². The molecule has 1 aromatic rings. The van der Waals surface area contributed by atoms with Gasteiger partial charge >= 0.3 is 5.97 Å². The Morgan fingerprint density at radius 1 is 1.42 bits per heavy atom. The van der Waals surface area contributed by atoms with Crippen LogP contribution in [0.3, 0.4) is 0 Å². The highest BCUT2D eigenvalue weighted by atomic mass is 35.5. The maximum atomic E-state index is 11.8. The number of pyridine rings is 1. The predicted molar refractivity (Wildman–Crippen MR) is 72.2 cm³/mol. The van der Waals surface area contributed by atoms with Gasteiger partial charge in [-0.2, -0.15) is 0 Å². The van der Waals surface area contributed by atoms with E-state index in [4.69, 9.17) is 16.7 Å². The molecule has 2 N–H and O–H groups in total. The van der Waals surface area contributed by atoms with E-state index in [9.17, 15) is 9.59 Å². The molecule has 5 nitrogen and oxygen atoms in total. The minimum atomic E-state index is -0.905. The minimum absolute atomic E-state index is 0.0939. The van der Waals surface area contributed by atoms with Gasteiger partial charge in [0.2, 0.25) is 0 Å². The first-order valence-corrected chi connectivity index (χ1v) is 6.40. The van der Waals surface area contributed by atoms with E-state index in [1.807, 2.05) is 13.8 Å². The molecule has 19 heavy (non-hydrogen) atoms. The van der Waals surface area contributed by atoms with Gasteiger partial charge in [0.25, 0.3) is 5.91 Å². The van der Waals surface area contributed by atoms with Crippen molar-refractivity contribution in [3.63, 3.8) is 0 Å². The third kappa shape index (κ3) is 5.26. The maximum Gasteiger partial charge on any atom is 0.308 e. The molecule has 6 heteroatoms. The number of rotatable bonds is 6.